The Labute approximate surface area is 97.0 Å². The summed E-state index contributed by atoms with van der Waals surface area (Å²) in [5.74, 6) is -0.530. The molecule has 88 valence electrons. The minimum atomic E-state index is -0.773. The Morgan fingerprint density at radius 2 is 2.29 bits per heavy atom. The minimum Gasteiger partial charge on any atom is -0.320 e. The molecule has 1 aromatic carbocycles. The Morgan fingerprint density at radius 3 is 2.76 bits per heavy atom. The molecule has 0 bridgehead atoms. The summed E-state index contributed by atoms with van der Waals surface area (Å²) in [5.41, 5.74) is 5.17. The number of nitriles is 1. The lowest BCUT2D eigenvalue weighted by Gasteiger charge is -2.08. The van der Waals surface area contributed by atoms with Crippen molar-refractivity contribution in [1.29, 1.82) is 5.26 Å². The normalized spacial score (nSPS) is 11.4. The third kappa shape index (κ3) is 2.99. The number of anilines is 1. The van der Waals surface area contributed by atoms with E-state index in [4.69, 9.17) is 11.0 Å². The molecule has 7 heteroatoms. The van der Waals surface area contributed by atoms with Crippen molar-refractivity contribution in [2.45, 2.75) is 13.0 Å². The van der Waals surface area contributed by atoms with Crippen molar-refractivity contribution in [2.75, 3.05) is 5.32 Å². The van der Waals surface area contributed by atoms with E-state index >= 15 is 0 Å². The van der Waals surface area contributed by atoms with Gasteiger partial charge in [-0.1, -0.05) is 0 Å². The van der Waals surface area contributed by atoms with Crippen molar-refractivity contribution in [3.63, 3.8) is 0 Å². The Morgan fingerprint density at radius 1 is 1.65 bits per heavy atom. The van der Waals surface area contributed by atoms with Gasteiger partial charge in [0.15, 0.2) is 0 Å². The molecule has 17 heavy (non-hydrogen) atoms. The highest BCUT2D eigenvalue weighted by Crippen LogP contribution is 2.25. The molecular formula is C10H10N4O3. The van der Waals surface area contributed by atoms with Gasteiger partial charge in [0.05, 0.1) is 22.6 Å². The van der Waals surface area contributed by atoms with Crippen molar-refractivity contribution >= 4 is 17.3 Å². The van der Waals surface area contributed by atoms with E-state index in [2.05, 4.69) is 5.32 Å². The molecule has 0 aliphatic rings. The fourth-order valence-corrected chi connectivity index (χ4v) is 1.10. The van der Waals surface area contributed by atoms with Gasteiger partial charge in [-0.2, -0.15) is 5.26 Å². The van der Waals surface area contributed by atoms with Crippen LogP contribution in [0.2, 0.25) is 0 Å². The molecule has 0 aromatic heterocycles. The molecule has 0 fully saturated rings. The topological polar surface area (TPSA) is 122 Å². The van der Waals surface area contributed by atoms with E-state index in [0.29, 0.717) is 0 Å². The number of benzene rings is 1. The van der Waals surface area contributed by atoms with Crippen LogP contribution in [-0.4, -0.2) is 16.9 Å². The van der Waals surface area contributed by atoms with Crippen LogP contribution in [0.25, 0.3) is 0 Å². The van der Waals surface area contributed by atoms with Gasteiger partial charge in [0.1, 0.15) is 5.69 Å². The molecule has 0 aliphatic heterocycles. The van der Waals surface area contributed by atoms with Crippen LogP contribution in [0.15, 0.2) is 18.2 Å². The number of nitrogens with zero attached hydrogens (tertiary/aromatic N) is 2. The fourth-order valence-electron chi connectivity index (χ4n) is 1.10. The van der Waals surface area contributed by atoms with E-state index in [1.165, 1.54) is 19.1 Å². The van der Waals surface area contributed by atoms with Gasteiger partial charge < -0.3 is 11.1 Å². The average Bonchev–Trinajstić information content (AvgIpc) is 2.29. The van der Waals surface area contributed by atoms with Crippen LogP contribution in [0.3, 0.4) is 0 Å². The van der Waals surface area contributed by atoms with Crippen LogP contribution in [-0.2, 0) is 4.79 Å². The first-order valence-electron chi connectivity index (χ1n) is 4.70. The average molecular weight is 234 g/mol. The van der Waals surface area contributed by atoms with Gasteiger partial charge in [0.2, 0.25) is 5.91 Å². The van der Waals surface area contributed by atoms with E-state index in [9.17, 15) is 14.9 Å². The third-order valence-corrected chi connectivity index (χ3v) is 1.99. The standard InChI is InChI=1S/C10H10N4O3/c1-6(12)10(15)13-8-3-2-7(5-11)4-9(8)14(16)17/h2-4,6H,12H2,1H3,(H,13,15). The molecule has 0 radical (unpaired) electrons. The molecule has 3 N–H and O–H groups in total. The molecule has 0 spiro atoms. The first-order chi connectivity index (χ1) is 7.95. The van der Waals surface area contributed by atoms with Crippen molar-refractivity contribution in [2.24, 2.45) is 5.73 Å². The van der Waals surface area contributed by atoms with Gasteiger partial charge in [-0.3, -0.25) is 14.9 Å². The molecule has 7 nitrogen and oxygen atoms in total. The highest BCUT2D eigenvalue weighted by molar-refractivity contribution is 5.96. The molecule has 1 amide bonds. The highest BCUT2D eigenvalue weighted by Gasteiger charge is 2.18. The van der Waals surface area contributed by atoms with Crippen LogP contribution in [0.1, 0.15) is 12.5 Å². The van der Waals surface area contributed by atoms with Gasteiger partial charge in [0.25, 0.3) is 5.69 Å². The summed E-state index contributed by atoms with van der Waals surface area (Å²) in [7, 11) is 0. The molecule has 0 aliphatic carbocycles. The number of hydrogen-bond acceptors (Lipinski definition) is 5. The monoisotopic (exact) mass is 234 g/mol. The van der Waals surface area contributed by atoms with Crippen molar-refractivity contribution in [3.05, 3.63) is 33.9 Å². The van der Waals surface area contributed by atoms with Gasteiger partial charge in [-0.05, 0) is 19.1 Å². The van der Waals surface area contributed by atoms with E-state index in [0.717, 1.165) is 6.07 Å². The number of carbonyl (C=O) groups excluding carboxylic acids is 1. The van der Waals surface area contributed by atoms with Gasteiger partial charge in [-0.25, -0.2) is 0 Å². The largest absolute Gasteiger partial charge is 0.320 e. The molecule has 0 saturated carbocycles. The predicted molar refractivity (Wildman–Crippen MR) is 60.1 cm³/mol. The molecule has 1 unspecified atom stereocenters. The van der Waals surface area contributed by atoms with Crippen LogP contribution in [0.4, 0.5) is 11.4 Å². The maximum absolute atomic E-state index is 11.3. The second kappa shape index (κ2) is 5.05. The smallest absolute Gasteiger partial charge is 0.294 e. The lowest BCUT2D eigenvalue weighted by molar-refractivity contribution is -0.383. The first kappa shape index (κ1) is 12.6. The van der Waals surface area contributed by atoms with E-state index in [-0.39, 0.29) is 16.9 Å². The second-order valence-corrected chi connectivity index (χ2v) is 3.38. The molecule has 1 atom stereocenters. The van der Waals surface area contributed by atoms with Gasteiger partial charge in [-0.15, -0.1) is 0 Å². The quantitative estimate of drug-likeness (QED) is 0.590. The summed E-state index contributed by atoms with van der Waals surface area (Å²) in [6.07, 6.45) is 0. The third-order valence-electron chi connectivity index (χ3n) is 1.99. The Balaban J connectivity index is 3.12. The SMILES string of the molecule is CC(N)C(=O)Nc1ccc(C#N)cc1[N+](=O)[O-]. The zero-order chi connectivity index (χ0) is 13.0. The van der Waals surface area contributed by atoms with Gasteiger partial charge in [0, 0.05) is 6.07 Å². The lowest BCUT2D eigenvalue weighted by atomic mass is 10.2. The molecule has 1 rings (SSSR count). The minimum absolute atomic E-state index is 0.0244. The zero-order valence-corrected chi connectivity index (χ0v) is 9.01. The first-order valence-corrected chi connectivity index (χ1v) is 4.70. The van der Waals surface area contributed by atoms with E-state index in [1.54, 1.807) is 6.07 Å². The highest BCUT2D eigenvalue weighted by atomic mass is 16.6. The Kier molecular flexibility index (Phi) is 3.74. The van der Waals surface area contributed by atoms with Crippen LogP contribution in [0.5, 0.6) is 0 Å². The number of nitro benzene ring substituents is 1. The Bertz CT molecular complexity index is 505. The number of nitrogens with one attached hydrogen (secondary N) is 1. The summed E-state index contributed by atoms with van der Waals surface area (Å²) in [4.78, 5) is 21.4. The summed E-state index contributed by atoms with van der Waals surface area (Å²) in [6.45, 7) is 1.46. The number of hydrogen-bond donors (Lipinski definition) is 2. The number of amides is 1. The maximum atomic E-state index is 11.3. The number of nitrogens with two attached hydrogens (primary N) is 1. The van der Waals surface area contributed by atoms with Crippen LogP contribution < -0.4 is 11.1 Å². The van der Waals surface area contributed by atoms with Crippen LogP contribution in [0, 0.1) is 21.4 Å². The summed E-state index contributed by atoms with van der Waals surface area (Å²) < 4.78 is 0. The zero-order valence-electron chi connectivity index (χ0n) is 9.01. The maximum Gasteiger partial charge on any atom is 0.294 e. The van der Waals surface area contributed by atoms with E-state index < -0.39 is 16.9 Å². The lowest BCUT2D eigenvalue weighted by Crippen LogP contribution is -2.32. The predicted octanol–water partition coefficient (Wildman–Crippen LogP) is 0.752. The summed E-state index contributed by atoms with van der Waals surface area (Å²) in [6, 6.07) is 4.79. The molecule has 0 heterocycles. The number of rotatable bonds is 3. The summed E-state index contributed by atoms with van der Waals surface area (Å²) >= 11 is 0. The van der Waals surface area contributed by atoms with Crippen LogP contribution >= 0.6 is 0 Å². The number of nitro groups is 1. The summed E-state index contributed by atoms with van der Waals surface area (Å²) in [5, 5.41) is 21.7. The van der Waals surface area contributed by atoms with E-state index in [1.807, 2.05) is 0 Å². The molecule has 1 aromatic rings. The molecule has 0 saturated heterocycles. The second-order valence-electron chi connectivity index (χ2n) is 3.38. The van der Waals surface area contributed by atoms with Crippen molar-refractivity contribution in [3.8, 4) is 6.07 Å². The number of carbonyl (C=O) groups is 1. The Hall–Kier alpha value is -2.46. The van der Waals surface area contributed by atoms with Gasteiger partial charge >= 0.3 is 0 Å². The molecular weight excluding hydrogens is 224 g/mol. The van der Waals surface area contributed by atoms with Crippen molar-refractivity contribution in [1.82, 2.24) is 0 Å². The van der Waals surface area contributed by atoms with Crippen molar-refractivity contribution < 1.29 is 9.72 Å². The fraction of sp³-hybridized carbons (Fsp3) is 0.200.